The molecule has 4 rings (SSSR count). The lowest BCUT2D eigenvalue weighted by Gasteiger charge is -2.12. The van der Waals surface area contributed by atoms with Gasteiger partial charge in [-0.25, -0.2) is 0 Å². The highest BCUT2D eigenvalue weighted by Crippen LogP contribution is 2.32. The molecule has 0 bridgehead atoms. The predicted octanol–water partition coefficient (Wildman–Crippen LogP) is 6.28. The van der Waals surface area contributed by atoms with Gasteiger partial charge < -0.3 is 5.32 Å². The summed E-state index contributed by atoms with van der Waals surface area (Å²) in [4.78, 5) is 12.5. The van der Waals surface area contributed by atoms with E-state index in [4.69, 9.17) is 23.2 Å². The molecule has 0 aliphatic rings. The Morgan fingerprint density at radius 1 is 0.935 bits per heavy atom. The molecule has 1 N–H and O–H groups in total. The quantitative estimate of drug-likeness (QED) is 0.338. The first-order valence-electron chi connectivity index (χ1n) is 9.47. The number of thioether (sulfide) groups is 1. The molecule has 0 saturated carbocycles. The van der Waals surface area contributed by atoms with Crippen LogP contribution < -0.4 is 5.32 Å². The lowest BCUT2D eigenvalue weighted by atomic mass is 10.2. The summed E-state index contributed by atoms with van der Waals surface area (Å²) in [6, 6.07) is 22.6. The fourth-order valence-corrected chi connectivity index (χ4v) is 4.14. The number of amides is 1. The topological polar surface area (TPSA) is 59.8 Å². The lowest BCUT2D eigenvalue weighted by Crippen LogP contribution is -2.14. The van der Waals surface area contributed by atoms with Crippen LogP contribution in [0.1, 0.15) is 5.56 Å². The summed E-state index contributed by atoms with van der Waals surface area (Å²) >= 11 is 13.8. The number of benzene rings is 3. The number of nitrogens with zero attached hydrogens (tertiary/aromatic N) is 3. The average Bonchev–Trinajstić information content (AvgIpc) is 3.18. The van der Waals surface area contributed by atoms with Crippen LogP contribution in [0.4, 0.5) is 5.69 Å². The summed E-state index contributed by atoms with van der Waals surface area (Å²) in [6.07, 6.45) is 0. The summed E-state index contributed by atoms with van der Waals surface area (Å²) in [7, 11) is 0. The van der Waals surface area contributed by atoms with E-state index >= 15 is 0 Å². The van der Waals surface area contributed by atoms with Crippen molar-refractivity contribution in [3.05, 3.63) is 88.4 Å². The fourth-order valence-electron chi connectivity index (χ4n) is 2.99. The minimum atomic E-state index is -0.184. The van der Waals surface area contributed by atoms with E-state index in [1.807, 2.05) is 72.2 Å². The maximum Gasteiger partial charge on any atom is 0.234 e. The second-order valence-corrected chi connectivity index (χ2v) is 8.53. The number of aromatic nitrogens is 3. The Kier molecular flexibility index (Phi) is 6.61. The third-order valence-electron chi connectivity index (χ3n) is 4.52. The van der Waals surface area contributed by atoms with E-state index in [1.54, 1.807) is 12.1 Å². The number of aryl methyl sites for hydroxylation is 1. The molecule has 0 aliphatic carbocycles. The van der Waals surface area contributed by atoms with Crippen LogP contribution in [-0.2, 0) is 4.79 Å². The highest BCUT2D eigenvalue weighted by atomic mass is 35.5. The molecule has 0 unspecified atom stereocenters. The van der Waals surface area contributed by atoms with Gasteiger partial charge in [-0.3, -0.25) is 9.36 Å². The van der Waals surface area contributed by atoms with Gasteiger partial charge in [0.15, 0.2) is 11.0 Å². The van der Waals surface area contributed by atoms with Gasteiger partial charge in [0.25, 0.3) is 0 Å². The SMILES string of the molecule is Cc1ccc(-n2c(SCC(=O)Nc3ccccc3Cl)nnc2-c2ccccc2Cl)cc1. The Morgan fingerprint density at radius 3 is 2.32 bits per heavy atom. The minimum Gasteiger partial charge on any atom is -0.324 e. The molecular formula is C23H18Cl2N4OS. The van der Waals surface area contributed by atoms with Crippen molar-refractivity contribution in [2.45, 2.75) is 12.1 Å². The van der Waals surface area contributed by atoms with Crippen LogP contribution in [0, 0.1) is 6.92 Å². The maximum atomic E-state index is 12.5. The van der Waals surface area contributed by atoms with Crippen LogP contribution in [0.15, 0.2) is 78.0 Å². The Balaban J connectivity index is 1.63. The summed E-state index contributed by atoms with van der Waals surface area (Å²) in [5.74, 6) is 0.580. The number of carbonyl (C=O) groups excluding carboxylic acids is 1. The first-order valence-corrected chi connectivity index (χ1v) is 11.2. The molecule has 1 aromatic heterocycles. The molecular weight excluding hydrogens is 451 g/mol. The molecule has 3 aromatic carbocycles. The molecule has 8 heteroatoms. The number of nitrogens with one attached hydrogen (secondary N) is 1. The van der Waals surface area contributed by atoms with E-state index in [0.29, 0.717) is 26.7 Å². The Morgan fingerprint density at radius 2 is 1.61 bits per heavy atom. The molecule has 156 valence electrons. The first kappa shape index (κ1) is 21.4. The molecule has 31 heavy (non-hydrogen) atoms. The third kappa shape index (κ3) is 4.93. The van der Waals surface area contributed by atoms with Gasteiger partial charge in [-0.15, -0.1) is 10.2 Å². The first-order chi connectivity index (χ1) is 15.0. The number of halogens is 2. The van der Waals surface area contributed by atoms with Crippen LogP contribution in [0.5, 0.6) is 0 Å². The second-order valence-electron chi connectivity index (χ2n) is 6.77. The van der Waals surface area contributed by atoms with Crippen LogP contribution in [0.2, 0.25) is 10.0 Å². The van der Waals surface area contributed by atoms with Crippen molar-refractivity contribution < 1.29 is 4.79 Å². The third-order valence-corrected chi connectivity index (χ3v) is 6.11. The van der Waals surface area contributed by atoms with E-state index in [-0.39, 0.29) is 11.7 Å². The zero-order valence-electron chi connectivity index (χ0n) is 16.5. The number of anilines is 1. The lowest BCUT2D eigenvalue weighted by molar-refractivity contribution is -0.113. The molecule has 4 aromatic rings. The van der Waals surface area contributed by atoms with Gasteiger partial charge in [0.2, 0.25) is 5.91 Å². The Bertz CT molecular complexity index is 1220. The van der Waals surface area contributed by atoms with Crippen molar-refractivity contribution in [2.75, 3.05) is 11.1 Å². The van der Waals surface area contributed by atoms with Gasteiger partial charge in [-0.1, -0.05) is 76.9 Å². The fraction of sp³-hybridized carbons (Fsp3) is 0.0870. The number of carbonyl (C=O) groups is 1. The molecule has 0 saturated heterocycles. The monoisotopic (exact) mass is 468 g/mol. The Labute approximate surface area is 194 Å². The van der Waals surface area contributed by atoms with Crippen molar-refractivity contribution in [1.82, 2.24) is 14.8 Å². The summed E-state index contributed by atoms with van der Waals surface area (Å²) in [6.45, 7) is 2.03. The summed E-state index contributed by atoms with van der Waals surface area (Å²) < 4.78 is 1.91. The van der Waals surface area contributed by atoms with Crippen LogP contribution in [0.25, 0.3) is 17.1 Å². The van der Waals surface area contributed by atoms with E-state index in [0.717, 1.165) is 16.8 Å². The smallest absolute Gasteiger partial charge is 0.234 e. The van der Waals surface area contributed by atoms with Crippen LogP contribution >= 0.6 is 35.0 Å². The van der Waals surface area contributed by atoms with E-state index < -0.39 is 0 Å². The zero-order chi connectivity index (χ0) is 21.8. The number of hydrogen-bond donors (Lipinski definition) is 1. The Hall–Kier alpha value is -2.80. The minimum absolute atomic E-state index is 0.151. The van der Waals surface area contributed by atoms with Gasteiger partial charge in [-0.2, -0.15) is 0 Å². The van der Waals surface area contributed by atoms with Crippen molar-refractivity contribution in [2.24, 2.45) is 0 Å². The number of para-hydroxylation sites is 1. The maximum absolute atomic E-state index is 12.5. The predicted molar refractivity (Wildman–Crippen MR) is 127 cm³/mol. The van der Waals surface area contributed by atoms with Gasteiger partial charge in [0.1, 0.15) is 0 Å². The second kappa shape index (κ2) is 9.56. The highest BCUT2D eigenvalue weighted by molar-refractivity contribution is 7.99. The molecule has 0 atom stereocenters. The van der Waals surface area contributed by atoms with Gasteiger partial charge in [0, 0.05) is 11.3 Å². The molecule has 5 nitrogen and oxygen atoms in total. The van der Waals surface area contributed by atoms with E-state index in [9.17, 15) is 4.79 Å². The van der Waals surface area contributed by atoms with Crippen molar-refractivity contribution in [3.8, 4) is 17.1 Å². The van der Waals surface area contributed by atoms with Crippen molar-refractivity contribution >= 4 is 46.6 Å². The molecule has 0 aliphatic heterocycles. The number of hydrogen-bond acceptors (Lipinski definition) is 4. The van der Waals surface area contributed by atoms with Crippen molar-refractivity contribution in [3.63, 3.8) is 0 Å². The number of rotatable bonds is 6. The van der Waals surface area contributed by atoms with Crippen LogP contribution in [-0.4, -0.2) is 26.4 Å². The van der Waals surface area contributed by atoms with Gasteiger partial charge >= 0.3 is 0 Å². The van der Waals surface area contributed by atoms with E-state index in [1.165, 1.54) is 11.8 Å². The highest BCUT2D eigenvalue weighted by Gasteiger charge is 2.19. The molecule has 0 fully saturated rings. The summed E-state index contributed by atoms with van der Waals surface area (Å²) in [5, 5.41) is 13.2. The normalized spacial score (nSPS) is 10.8. The molecule has 0 radical (unpaired) electrons. The summed E-state index contributed by atoms with van der Waals surface area (Å²) in [5.41, 5.74) is 3.38. The molecule has 1 amide bonds. The van der Waals surface area contributed by atoms with Gasteiger partial charge in [-0.05, 0) is 43.3 Å². The van der Waals surface area contributed by atoms with E-state index in [2.05, 4.69) is 15.5 Å². The molecule has 0 spiro atoms. The molecule has 1 heterocycles. The zero-order valence-corrected chi connectivity index (χ0v) is 18.9. The average molecular weight is 469 g/mol. The standard InChI is InChI=1S/C23H18Cl2N4OS/c1-15-10-12-16(13-11-15)29-22(17-6-2-3-7-18(17)24)27-28-23(29)31-14-21(30)26-20-9-5-4-8-19(20)25/h2-13H,14H2,1H3,(H,26,30). The van der Waals surface area contributed by atoms with Crippen molar-refractivity contribution in [1.29, 1.82) is 0 Å². The largest absolute Gasteiger partial charge is 0.324 e. The van der Waals surface area contributed by atoms with Crippen LogP contribution in [0.3, 0.4) is 0 Å². The van der Waals surface area contributed by atoms with Gasteiger partial charge in [0.05, 0.1) is 21.5 Å².